The van der Waals surface area contributed by atoms with Crippen molar-refractivity contribution in [3.05, 3.63) is 41.3 Å². The molecule has 4 rings (SSSR count). The molecule has 0 atom stereocenters. The molecule has 0 unspecified atom stereocenters. The zero-order valence-corrected chi connectivity index (χ0v) is 13.7. The Kier molecular flexibility index (Phi) is 3.87. The molecule has 1 fully saturated rings. The molecule has 1 aromatic carbocycles. The summed E-state index contributed by atoms with van der Waals surface area (Å²) in [6, 6.07) is 10.3. The van der Waals surface area contributed by atoms with Gasteiger partial charge in [0.2, 0.25) is 0 Å². The third kappa shape index (κ3) is 2.88. The average molecular weight is 325 g/mol. The predicted octanol–water partition coefficient (Wildman–Crippen LogP) is 4.35. The molecule has 0 aliphatic heterocycles. The first-order valence-corrected chi connectivity index (χ1v) is 9.02. The molecule has 2 aromatic heterocycles. The molecule has 118 valence electrons. The van der Waals surface area contributed by atoms with Crippen molar-refractivity contribution >= 4 is 28.1 Å². The molecule has 4 nitrogen and oxygen atoms in total. The Morgan fingerprint density at radius 2 is 2.04 bits per heavy atom. The highest BCUT2D eigenvalue weighted by Gasteiger charge is 2.18. The fourth-order valence-electron chi connectivity index (χ4n) is 3.25. The van der Waals surface area contributed by atoms with Crippen molar-refractivity contribution in [1.82, 2.24) is 15.5 Å². The van der Waals surface area contributed by atoms with Crippen LogP contribution in [0.1, 0.15) is 42.5 Å². The van der Waals surface area contributed by atoms with Crippen molar-refractivity contribution in [3.8, 4) is 10.6 Å². The molecule has 1 amide bonds. The highest BCUT2D eigenvalue weighted by Crippen LogP contribution is 2.31. The summed E-state index contributed by atoms with van der Waals surface area (Å²) in [5.74, 6) is 0.0410. The number of aromatic nitrogens is 2. The number of thiophene rings is 1. The van der Waals surface area contributed by atoms with Crippen LogP contribution < -0.4 is 5.32 Å². The number of benzene rings is 1. The molecule has 0 spiro atoms. The molecule has 0 radical (unpaired) electrons. The fourth-order valence-corrected chi connectivity index (χ4v) is 4.14. The number of carbonyl (C=O) groups excluding carboxylic acids is 1. The van der Waals surface area contributed by atoms with Crippen LogP contribution in [0.25, 0.3) is 21.5 Å². The maximum Gasteiger partial charge on any atom is 0.252 e. The molecule has 1 aliphatic carbocycles. The molecular weight excluding hydrogens is 306 g/mol. The summed E-state index contributed by atoms with van der Waals surface area (Å²) in [7, 11) is 0. The highest BCUT2D eigenvalue weighted by molar-refractivity contribution is 7.14. The van der Waals surface area contributed by atoms with Gasteiger partial charge in [-0.15, -0.1) is 11.3 Å². The van der Waals surface area contributed by atoms with Gasteiger partial charge in [0.25, 0.3) is 5.91 Å². The second kappa shape index (κ2) is 6.16. The summed E-state index contributed by atoms with van der Waals surface area (Å²) >= 11 is 1.57. The van der Waals surface area contributed by atoms with E-state index in [4.69, 9.17) is 0 Å². The molecule has 5 heteroatoms. The Hall–Kier alpha value is -2.14. The molecule has 1 aliphatic rings. The standard InChI is InChI=1S/C18H19N3OS/c22-18(19-13-6-2-1-3-7-13)12-10-16(23-11-12)17-14-8-4-5-9-15(14)20-21-17/h4-5,8-11,13H,1-3,6-7H2,(H,19,22)(H,20,21). The lowest BCUT2D eigenvalue weighted by atomic mass is 9.95. The number of hydrogen-bond acceptors (Lipinski definition) is 3. The van der Waals surface area contributed by atoms with Crippen LogP contribution in [0.4, 0.5) is 0 Å². The summed E-state index contributed by atoms with van der Waals surface area (Å²) in [5.41, 5.74) is 2.68. The lowest BCUT2D eigenvalue weighted by Crippen LogP contribution is -2.35. The number of para-hydroxylation sites is 1. The van der Waals surface area contributed by atoms with Gasteiger partial charge in [0, 0.05) is 16.8 Å². The molecule has 23 heavy (non-hydrogen) atoms. The van der Waals surface area contributed by atoms with Gasteiger partial charge in [0.15, 0.2) is 0 Å². The number of nitrogens with zero attached hydrogens (tertiary/aromatic N) is 1. The Balaban J connectivity index is 1.55. The minimum Gasteiger partial charge on any atom is -0.349 e. The van der Waals surface area contributed by atoms with Crippen LogP contribution in [0.3, 0.4) is 0 Å². The SMILES string of the molecule is O=C(NC1CCCCC1)c1csc(-c2n[nH]c3ccccc23)c1. The van der Waals surface area contributed by atoms with Crippen molar-refractivity contribution in [2.24, 2.45) is 0 Å². The maximum atomic E-state index is 12.4. The predicted molar refractivity (Wildman–Crippen MR) is 93.7 cm³/mol. The van der Waals surface area contributed by atoms with Crippen LogP contribution in [-0.4, -0.2) is 22.1 Å². The molecule has 2 heterocycles. The number of fused-ring (bicyclic) bond motifs is 1. The number of amides is 1. The smallest absolute Gasteiger partial charge is 0.252 e. The van der Waals surface area contributed by atoms with Crippen molar-refractivity contribution in [3.63, 3.8) is 0 Å². The van der Waals surface area contributed by atoms with E-state index in [1.165, 1.54) is 19.3 Å². The summed E-state index contributed by atoms with van der Waals surface area (Å²) in [4.78, 5) is 13.5. The van der Waals surface area contributed by atoms with Crippen molar-refractivity contribution < 1.29 is 4.79 Å². The van der Waals surface area contributed by atoms with Gasteiger partial charge < -0.3 is 5.32 Å². The van der Waals surface area contributed by atoms with Gasteiger partial charge in [0.05, 0.1) is 16.0 Å². The van der Waals surface area contributed by atoms with Crippen LogP contribution in [0.5, 0.6) is 0 Å². The van der Waals surface area contributed by atoms with E-state index < -0.39 is 0 Å². The Morgan fingerprint density at radius 1 is 1.22 bits per heavy atom. The number of carbonyl (C=O) groups is 1. The first-order chi connectivity index (χ1) is 11.3. The first kappa shape index (κ1) is 14.5. The third-order valence-corrected chi connectivity index (χ3v) is 5.44. The van der Waals surface area contributed by atoms with E-state index in [0.717, 1.165) is 39.9 Å². The summed E-state index contributed by atoms with van der Waals surface area (Å²) < 4.78 is 0. The second-order valence-electron chi connectivity index (χ2n) is 6.13. The van der Waals surface area contributed by atoms with Gasteiger partial charge in [-0.25, -0.2) is 0 Å². The summed E-state index contributed by atoms with van der Waals surface area (Å²) in [5, 5.41) is 13.6. The third-order valence-electron chi connectivity index (χ3n) is 4.51. The summed E-state index contributed by atoms with van der Waals surface area (Å²) in [6.07, 6.45) is 5.94. The molecule has 3 aromatic rings. The van der Waals surface area contributed by atoms with E-state index in [2.05, 4.69) is 21.6 Å². The van der Waals surface area contributed by atoms with Gasteiger partial charge in [-0.05, 0) is 25.0 Å². The number of nitrogens with one attached hydrogen (secondary N) is 2. The van der Waals surface area contributed by atoms with E-state index in [1.807, 2.05) is 29.6 Å². The highest BCUT2D eigenvalue weighted by atomic mass is 32.1. The quantitative estimate of drug-likeness (QED) is 0.752. The monoisotopic (exact) mass is 325 g/mol. The normalized spacial score (nSPS) is 15.8. The molecular formula is C18H19N3OS. The maximum absolute atomic E-state index is 12.4. The van der Waals surface area contributed by atoms with Crippen molar-refractivity contribution in [2.75, 3.05) is 0 Å². The van der Waals surface area contributed by atoms with E-state index >= 15 is 0 Å². The largest absolute Gasteiger partial charge is 0.349 e. The lowest BCUT2D eigenvalue weighted by Gasteiger charge is -2.22. The topological polar surface area (TPSA) is 57.8 Å². The first-order valence-electron chi connectivity index (χ1n) is 8.14. The van der Waals surface area contributed by atoms with Gasteiger partial charge in [-0.1, -0.05) is 37.5 Å². The Labute approximate surface area is 138 Å². The van der Waals surface area contributed by atoms with E-state index in [-0.39, 0.29) is 5.91 Å². The molecule has 1 saturated carbocycles. The van der Waals surface area contributed by atoms with Crippen LogP contribution in [0, 0.1) is 0 Å². The van der Waals surface area contributed by atoms with Gasteiger partial charge in [-0.2, -0.15) is 5.10 Å². The van der Waals surface area contributed by atoms with E-state index in [9.17, 15) is 4.79 Å². The van der Waals surface area contributed by atoms with Crippen LogP contribution in [0.2, 0.25) is 0 Å². The van der Waals surface area contributed by atoms with Crippen molar-refractivity contribution in [1.29, 1.82) is 0 Å². The Bertz CT molecular complexity index is 830. The number of aromatic amines is 1. The summed E-state index contributed by atoms with van der Waals surface area (Å²) in [6.45, 7) is 0. The zero-order chi connectivity index (χ0) is 15.6. The number of H-pyrrole nitrogens is 1. The molecule has 0 saturated heterocycles. The zero-order valence-electron chi connectivity index (χ0n) is 12.8. The number of hydrogen-bond donors (Lipinski definition) is 2. The van der Waals surface area contributed by atoms with E-state index in [1.54, 1.807) is 11.3 Å². The molecule has 2 N–H and O–H groups in total. The lowest BCUT2D eigenvalue weighted by molar-refractivity contribution is 0.0928. The molecule has 0 bridgehead atoms. The van der Waals surface area contributed by atoms with Crippen molar-refractivity contribution in [2.45, 2.75) is 38.1 Å². The van der Waals surface area contributed by atoms with E-state index in [0.29, 0.717) is 6.04 Å². The fraction of sp³-hybridized carbons (Fsp3) is 0.333. The average Bonchev–Trinajstić information content (AvgIpc) is 3.22. The van der Waals surface area contributed by atoms with Crippen LogP contribution >= 0.6 is 11.3 Å². The van der Waals surface area contributed by atoms with Gasteiger partial charge in [-0.3, -0.25) is 9.89 Å². The van der Waals surface area contributed by atoms with Crippen LogP contribution in [-0.2, 0) is 0 Å². The van der Waals surface area contributed by atoms with Crippen LogP contribution in [0.15, 0.2) is 35.7 Å². The van der Waals surface area contributed by atoms with Gasteiger partial charge in [0.1, 0.15) is 5.69 Å². The minimum atomic E-state index is 0.0410. The second-order valence-corrected chi connectivity index (χ2v) is 7.04. The minimum absolute atomic E-state index is 0.0410. The number of rotatable bonds is 3. The Morgan fingerprint density at radius 3 is 2.91 bits per heavy atom. The van der Waals surface area contributed by atoms with Gasteiger partial charge >= 0.3 is 0 Å².